The van der Waals surface area contributed by atoms with Crippen molar-refractivity contribution >= 4 is 33.7 Å². The minimum Gasteiger partial charge on any atom is -0.324 e. The average Bonchev–Trinajstić information content (AvgIpc) is 3.29. The summed E-state index contributed by atoms with van der Waals surface area (Å²) in [5, 5.41) is 9.28. The summed E-state index contributed by atoms with van der Waals surface area (Å²) in [6, 6.07) is 25.8. The van der Waals surface area contributed by atoms with E-state index in [1.807, 2.05) is 96.5 Å². The van der Waals surface area contributed by atoms with Crippen molar-refractivity contribution in [3.8, 4) is 11.8 Å². The third-order valence-corrected chi connectivity index (χ3v) is 5.85. The third kappa shape index (κ3) is 3.81. The number of anilines is 1. The molecule has 0 spiro atoms. The van der Waals surface area contributed by atoms with Crippen molar-refractivity contribution in [3.63, 3.8) is 0 Å². The Morgan fingerprint density at radius 1 is 0.966 bits per heavy atom. The summed E-state index contributed by atoms with van der Waals surface area (Å²) in [7, 11) is 0. The molecule has 1 atom stereocenters. The summed E-state index contributed by atoms with van der Waals surface area (Å²) < 4.78 is 0. The van der Waals surface area contributed by atoms with Crippen LogP contribution >= 0.6 is 11.3 Å². The van der Waals surface area contributed by atoms with Crippen LogP contribution in [0.2, 0.25) is 0 Å². The quantitative estimate of drug-likeness (QED) is 0.407. The van der Waals surface area contributed by atoms with E-state index in [2.05, 4.69) is 17.2 Å². The number of fused-ring (bicyclic) bond motifs is 1. The maximum Gasteiger partial charge on any atom is 0.247 e. The highest BCUT2D eigenvalue weighted by molar-refractivity contribution is 7.08. The summed E-state index contributed by atoms with van der Waals surface area (Å²) in [4.78, 5) is 13.7. The van der Waals surface area contributed by atoms with Crippen molar-refractivity contribution in [2.45, 2.75) is 18.8 Å². The fourth-order valence-corrected chi connectivity index (χ4v) is 4.10. The molecule has 3 aromatic carbocycles. The van der Waals surface area contributed by atoms with Crippen molar-refractivity contribution < 1.29 is 4.79 Å². The second-order valence-electron chi connectivity index (χ2n) is 6.87. The zero-order valence-corrected chi connectivity index (χ0v) is 17.0. The van der Waals surface area contributed by atoms with Gasteiger partial charge in [0.15, 0.2) is 0 Å². The minimum absolute atomic E-state index is 0.106. The Kier molecular flexibility index (Phi) is 5.46. The maximum absolute atomic E-state index is 13.7. The predicted octanol–water partition coefficient (Wildman–Crippen LogP) is 6.24. The first-order chi connectivity index (χ1) is 14.2. The van der Waals surface area contributed by atoms with E-state index in [0.717, 1.165) is 27.6 Å². The highest BCUT2D eigenvalue weighted by atomic mass is 32.1. The first kappa shape index (κ1) is 19.0. The Bertz CT molecular complexity index is 1180. The number of thiophene rings is 1. The van der Waals surface area contributed by atoms with E-state index < -0.39 is 5.41 Å². The van der Waals surface area contributed by atoms with Gasteiger partial charge in [-0.2, -0.15) is 11.3 Å². The lowest BCUT2D eigenvalue weighted by molar-refractivity contribution is -0.119. The molecule has 0 radical (unpaired) electrons. The topological polar surface area (TPSA) is 29.1 Å². The number of hydrogen-bond donors (Lipinski definition) is 1. The SMILES string of the molecule is CC[C@](C#Cc1ccsc1)(C(=O)Nc1cccc2ccccc12)c1ccccc1. The van der Waals surface area contributed by atoms with Gasteiger partial charge >= 0.3 is 0 Å². The Morgan fingerprint density at radius 2 is 1.72 bits per heavy atom. The van der Waals surface area contributed by atoms with Crippen LogP contribution < -0.4 is 5.32 Å². The standard InChI is InChI=1S/C26H21NOS/c1-2-26(22-11-4-3-5-12-22,17-15-20-16-18-29-19-20)25(28)27-24-14-8-10-21-9-6-7-13-23(21)24/h3-14,16,18-19H,2H2,1H3,(H,27,28)/t26-/m1/s1. The first-order valence-corrected chi connectivity index (χ1v) is 10.6. The zero-order chi connectivity index (χ0) is 20.1. The van der Waals surface area contributed by atoms with Crippen molar-refractivity contribution in [3.05, 3.63) is 101 Å². The molecule has 0 aliphatic rings. The van der Waals surface area contributed by atoms with Gasteiger partial charge in [0.25, 0.3) is 0 Å². The van der Waals surface area contributed by atoms with Gasteiger partial charge < -0.3 is 5.32 Å². The molecule has 0 fully saturated rings. The van der Waals surface area contributed by atoms with Gasteiger partial charge in [0.1, 0.15) is 5.41 Å². The normalized spacial score (nSPS) is 12.6. The Labute approximate surface area is 175 Å². The summed E-state index contributed by atoms with van der Waals surface area (Å²) in [5.74, 6) is 6.43. The number of benzene rings is 3. The Hall–Kier alpha value is -3.35. The molecule has 142 valence electrons. The Balaban J connectivity index is 1.79. The molecule has 0 unspecified atom stereocenters. The second kappa shape index (κ2) is 8.34. The molecule has 4 aromatic rings. The third-order valence-electron chi connectivity index (χ3n) is 5.16. The van der Waals surface area contributed by atoms with Gasteiger partial charge in [-0.3, -0.25) is 4.79 Å². The van der Waals surface area contributed by atoms with Crippen LogP contribution in [0.15, 0.2) is 89.6 Å². The lowest BCUT2D eigenvalue weighted by atomic mass is 9.77. The summed E-state index contributed by atoms with van der Waals surface area (Å²) in [6.45, 7) is 2.01. The molecule has 1 heterocycles. The van der Waals surface area contributed by atoms with Gasteiger partial charge in [0.2, 0.25) is 5.91 Å². The van der Waals surface area contributed by atoms with Crippen molar-refractivity contribution in [2.24, 2.45) is 0 Å². The average molecular weight is 396 g/mol. The molecule has 0 saturated heterocycles. The number of hydrogen-bond acceptors (Lipinski definition) is 2. The van der Waals surface area contributed by atoms with E-state index in [9.17, 15) is 4.79 Å². The maximum atomic E-state index is 13.7. The van der Waals surface area contributed by atoms with Crippen LogP contribution in [0, 0.1) is 11.8 Å². The fourth-order valence-electron chi connectivity index (χ4n) is 3.51. The van der Waals surface area contributed by atoms with Crippen LogP contribution in [-0.2, 0) is 10.2 Å². The van der Waals surface area contributed by atoms with E-state index in [0.29, 0.717) is 6.42 Å². The number of rotatable bonds is 4. The van der Waals surface area contributed by atoms with Gasteiger partial charge in [-0.15, -0.1) is 0 Å². The van der Waals surface area contributed by atoms with E-state index >= 15 is 0 Å². The van der Waals surface area contributed by atoms with Crippen LogP contribution in [0.25, 0.3) is 10.8 Å². The molecule has 3 heteroatoms. The molecule has 0 saturated carbocycles. The largest absolute Gasteiger partial charge is 0.324 e. The minimum atomic E-state index is -0.930. The molecule has 2 nitrogen and oxygen atoms in total. The van der Waals surface area contributed by atoms with E-state index in [1.54, 1.807) is 11.3 Å². The molecule has 1 aromatic heterocycles. The van der Waals surface area contributed by atoms with Crippen LogP contribution in [0.1, 0.15) is 24.5 Å². The van der Waals surface area contributed by atoms with Crippen molar-refractivity contribution in [1.29, 1.82) is 0 Å². The van der Waals surface area contributed by atoms with Crippen LogP contribution in [0.5, 0.6) is 0 Å². The zero-order valence-electron chi connectivity index (χ0n) is 16.2. The molecule has 4 rings (SSSR count). The number of amides is 1. The second-order valence-corrected chi connectivity index (χ2v) is 7.65. The summed E-state index contributed by atoms with van der Waals surface area (Å²) in [5.41, 5.74) is 1.71. The van der Waals surface area contributed by atoms with E-state index in [4.69, 9.17) is 0 Å². The molecule has 0 aliphatic heterocycles. The number of nitrogens with one attached hydrogen (secondary N) is 1. The van der Waals surface area contributed by atoms with Gasteiger partial charge in [-0.05, 0) is 34.9 Å². The highest BCUT2D eigenvalue weighted by Crippen LogP contribution is 2.31. The summed E-state index contributed by atoms with van der Waals surface area (Å²) in [6.07, 6.45) is 0.574. The van der Waals surface area contributed by atoms with Gasteiger partial charge in [-0.1, -0.05) is 85.5 Å². The smallest absolute Gasteiger partial charge is 0.247 e. The molecule has 0 aliphatic carbocycles. The fraction of sp³-hybridized carbons (Fsp3) is 0.115. The molecular formula is C26H21NOS. The van der Waals surface area contributed by atoms with Crippen LogP contribution in [0.4, 0.5) is 5.69 Å². The van der Waals surface area contributed by atoms with E-state index in [1.165, 1.54) is 0 Å². The Morgan fingerprint density at radius 3 is 2.48 bits per heavy atom. The number of carbonyl (C=O) groups is 1. The van der Waals surface area contributed by atoms with Crippen LogP contribution in [0.3, 0.4) is 0 Å². The van der Waals surface area contributed by atoms with Gasteiger partial charge in [-0.25, -0.2) is 0 Å². The van der Waals surface area contributed by atoms with Gasteiger partial charge in [0, 0.05) is 22.0 Å². The molecular weight excluding hydrogens is 374 g/mol. The van der Waals surface area contributed by atoms with E-state index in [-0.39, 0.29) is 5.91 Å². The lowest BCUT2D eigenvalue weighted by Crippen LogP contribution is -2.39. The van der Waals surface area contributed by atoms with Crippen LogP contribution in [-0.4, -0.2) is 5.91 Å². The van der Waals surface area contributed by atoms with Crippen molar-refractivity contribution in [2.75, 3.05) is 5.32 Å². The molecule has 29 heavy (non-hydrogen) atoms. The predicted molar refractivity (Wildman–Crippen MR) is 122 cm³/mol. The highest BCUT2D eigenvalue weighted by Gasteiger charge is 2.37. The molecule has 1 amide bonds. The molecule has 0 bridgehead atoms. The first-order valence-electron chi connectivity index (χ1n) is 9.63. The molecule has 1 N–H and O–H groups in total. The monoisotopic (exact) mass is 395 g/mol. The summed E-state index contributed by atoms with van der Waals surface area (Å²) >= 11 is 1.60. The van der Waals surface area contributed by atoms with Crippen molar-refractivity contribution in [1.82, 2.24) is 0 Å². The number of carbonyl (C=O) groups excluding carboxylic acids is 1. The van der Waals surface area contributed by atoms with Gasteiger partial charge in [0.05, 0.1) is 0 Å². The lowest BCUT2D eigenvalue weighted by Gasteiger charge is -2.27.